The molecule has 3 atom stereocenters. The zero-order valence-corrected chi connectivity index (χ0v) is 16.0. The Hall–Kier alpha value is -1.99. The molecule has 8 heteroatoms. The predicted octanol–water partition coefficient (Wildman–Crippen LogP) is 3.41. The number of aromatic nitrogens is 2. The molecule has 1 saturated heterocycles. The van der Waals surface area contributed by atoms with E-state index in [4.69, 9.17) is 16.3 Å². The molecule has 2 aliphatic rings. The zero-order chi connectivity index (χ0) is 19.5. The van der Waals surface area contributed by atoms with Crippen LogP contribution < -0.4 is 10.5 Å². The Balaban J connectivity index is 1.71. The van der Waals surface area contributed by atoms with Crippen molar-refractivity contribution < 1.29 is 13.5 Å². The fourth-order valence-electron chi connectivity index (χ4n) is 4.73. The molecule has 5 nitrogen and oxygen atoms in total. The van der Waals surface area contributed by atoms with Crippen LogP contribution in [0.3, 0.4) is 0 Å². The Morgan fingerprint density at radius 2 is 2.11 bits per heavy atom. The number of halogens is 3. The van der Waals surface area contributed by atoms with E-state index in [2.05, 4.69) is 18.9 Å². The van der Waals surface area contributed by atoms with Crippen LogP contribution >= 0.6 is 11.6 Å². The minimum absolute atomic E-state index is 0.0469. The van der Waals surface area contributed by atoms with Crippen molar-refractivity contribution >= 4 is 17.3 Å². The smallest absolute Gasteiger partial charge is 0.292 e. The number of fused-ring (bicyclic) bond motifs is 1. The van der Waals surface area contributed by atoms with Gasteiger partial charge in [0.1, 0.15) is 16.5 Å². The molecule has 1 aliphatic heterocycles. The average Bonchev–Trinajstić information content (AvgIpc) is 3.04. The highest BCUT2D eigenvalue weighted by Gasteiger charge is 2.61. The Morgan fingerprint density at radius 3 is 2.81 bits per heavy atom. The van der Waals surface area contributed by atoms with Crippen molar-refractivity contribution in [1.29, 1.82) is 0 Å². The first-order chi connectivity index (χ1) is 12.7. The molecule has 2 heterocycles. The molecule has 0 N–H and O–H groups in total. The summed E-state index contributed by atoms with van der Waals surface area (Å²) in [5, 5.41) is 4.03. The Labute approximate surface area is 160 Å². The Morgan fingerprint density at radius 1 is 1.37 bits per heavy atom. The van der Waals surface area contributed by atoms with Crippen molar-refractivity contribution in [3.63, 3.8) is 0 Å². The molecule has 0 unspecified atom stereocenters. The largest absolute Gasteiger partial charge is 0.377 e. The SMILES string of the molecule is CN(c1cnn(-c2ccc(F)cc2F)c(=O)c1Cl)[C@@H]1[C@H]2CCO[C@@H]2C1(C)C. The summed E-state index contributed by atoms with van der Waals surface area (Å²) in [4.78, 5) is 14.7. The van der Waals surface area contributed by atoms with Crippen LogP contribution in [0.4, 0.5) is 14.5 Å². The van der Waals surface area contributed by atoms with Crippen LogP contribution in [0.1, 0.15) is 20.3 Å². The summed E-state index contributed by atoms with van der Waals surface area (Å²) in [5.74, 6) is -1.24. The maximum Gasteiger partial charge on any atom is 0.292 e. The number of benzene rings is 1. The highest BCUT2D eigenvalue weighted by Crippen LogP contribution is 2.55. The van der Waals surface area contributed by atoms with Gasteiger partial charge in [-0.25, -0.2) is 8.78 Å². The molecule has 1 aromatic carbocycles. The molecule has 1 aromatic heterocycles. The monoisotopic (exact) mass is 395 g/mol. The van der Waals surface area contributed by atoms with Crippen molar-refractivity contribution in [1.82, 2.24) is 9.78 Å². The lowest BCUT2D eigenvalue weighted by Gasteiger charge is -2.58. The van der Waals surface area contributed by atoms with E-state index in [-0.39, 0.29) is 28.3 Å². The average molecular weight is 396 g/mol. The van der Waals surface area contributed by atoms with Crippen LogP contribution in [0.15, 0.2) is 29.2 Å². The summed E-state index contributed by atoms with van der Waals surface area (Å²) in [6, 6.07) is 3.09. The molecule has 0 bridgehead atoms. The highest BCUT2D eigenvalue weighted by molar-refractivity contribution is 6.33. The normalized spacial score (nSPS) is 25.8. The minimum Gasteiger partial charge on any atom is -0.377 e. The number of anilines is 1. The zero-order valence-electron chi connectivity index (χ0n) is 15.2. The van der Waals surface area contributed by atoms with E-state index >= 15 is 0 Å². The Bertz CT molecular complexity index is 962. The maximum absolute atomic E-state index is 14.0. The van der Waals surface area contributed by atoms with Crippen LogP contribution in [-0.2, 0) is 4.74 Å². The molecule has 0 spiro atoms. The standard InChI is InChI=1S/C19H20ClF2N3O2/c1-19(2)16(11-6-7-27-17(11)19)24(3)14-9-23-25(18(26)15(14)20)13-5-4-10(21)8-12(13)22/h4-5,8-9,11,16-17H,6-7H2,1-3H3/t11-,16-,17+/m1/s1. The molecule has 0 amide bonds. The molecule has 1 aliphatic carbocycles. The molecule has 2 aromatic rings. The molecule has 144 valence electrons. The second-order valence-electron chi connectivity index (χ2n) is 7.78. The lowest BCUT2D eigenvalue weighted by atomic mass is 9.56. The van der Waals surface area contributed by atoms with Crippen molar-refractivity contribution in [2.45, 2.75) is 32.4 Å². The van der Waals surface area contributed by atoms with Gasteiger partial charge in [0.15, 0.2) is 5.82 Å². The number of ether oxygens (including phenoxy) is 1. The van der Waals surface area contributed by atoms with Gasteiger partial charge < -0.3 is 9.64 Å². The van der Waals surface area contributed by atoms with Crippen LogP contribution in [0.25, 0.3) is 5.69 Å². The van der Waals surface area contributed by atoms with Crippen molar-refractivity contribution in [3.05, 3.63) is 51.4 Å². The molecular weight excluding hydrogens is 376 g/mol. The molecule has 2 fully saturated rings. The third-order valence-corrected chi connectivity index (χ3v) is 6.23. The summed E-state index contributed by atoms with van der Waals surface area (Å²) in [7, 11) is 1.88. The number of hydrogen-bond donors (Lipinski definition) is 0. The van der Waals surface area contributed by atoms with Gasteiger partial charge in [-0.2, -0.15) is 9.78 Å². The van der Waals surface area contributed by atoms with E-state index in [9.17, 15) is 13.6 Å². The van der Waals surface area contributed by atoms with E-state index in [1.54, 1.807) is 0 Å². The van der Waals surface area contributed by atoms with Gasteiger partial charge in [-0.1, -0.05) is 25.4 Å². The van der Waals surface area contributed by atoms with E-state index < -0.39 is 17.2 Å². The third kappa shape index (κ3) is 2.67. The van der Waals surface area contributed by atoms with Crippen molar-refractivity contribution in [2.75, 3.05) is 18.6 Å². The first-order valence-electron chi connectivity index (χ1n) is 8.81. The molecule has 1 saturated carbocycles. The van der Waals surface area contributed by atoms with Gasteiger partial charge in [-0.3, -0.25) is 4.79 Å². The maximum atomic E-state index is 14.0. The number of hydrogen-bond acceptors (Lipinski definition) is 4. The van der Waals surface area contributed by atoms with Crippen molar-refractivity contribution in [3.8, 4) is 5.69 Å². The van der Waals surface area contributed by atoms with Gasteiger partial charge in [-0.05, 0) is 18.6 Å². The molecule has 4 rings (SSSR count). The van der Waals surface area contributed by atoms with Crippen molar-refractivity contribution in [2.24, 2.45) is 11.3 Å². The van der Waals surface area contributed by atoms with Crippen LogP contribution in [0.2, 0.25) is 5.02 Å². The first kappa shape index (κ1) is 18.4. The minimum atomic E-state index is -0.882. The predicted molar refractivity (Wildman–Crippen MR) is 98.6 cm³/mol. The van der Waals surface area contributed by atoms with Gasteiger partial charge in [-0.15, -0.1) is 0 Å². The topological polar surface area (TPSA) is 47.4 Å². The summed E-state index contributed by atoms with van der Waals surface area (Å²) in [6.07, 6.45) is 2.61. The van der Waals surface area contributed by atoms with Crippen LogP contribution in [0, 0.1) is 23.0 Å². The lowest BCUT2D eigenvalue weighted by molar-refractivity contribution is -0.101. The molecular formula is C19H20ClF2N3O2. The van der Waals surface area contributed by atoms with Gasteiger partial charge in [0.2, 0.25) is 0 Å². The first-order valence-corrected chi connectivity index (χ1v) is 9.19. The lowest BCUT2D eigenvalue weighted by Crippen LogP contribution is -2.66. The third-order valence-electron chi connectivity index (χ3n) is 5.87. The fourth-order valence-corrected chi connectivity index (χ4v) is 4.99. The van der Waals surface area contributed by atoms with Crippen LogP contribution in [-0.4, -0.2) is 35.6 Å². The molecule has 27 heavy (non-hydrogen) atoms. The van der Waals surface area contributed by atoms with E-state index in [1.165, 1.54) is 6.20 Å². The van der Waals surface area contributed by atoms with Gasteiger partial charge >= 0.3 is 0 Å². The summed E-state index contributed by atoms with van der Waals surface area (Å²) in [6.45, 7) is 5.01. The van der Waals surface area contributed by atoms with E-state index in [1.807, 2.05) is 11.9 Å². The summed E-state index contributed by atoms with van der Waals surface area (Å²) >= 11 is 6.35. The quantitative estimate of drug-likeness (QED) is 0.799. The number of rotatable bonds is 3. The summed E-state index contributed by atoms with van der Waals surface area (Å²) in [5.41, 5.74) is -0.394. The van der Waals surface area contributed by atoms with E-state index in [0.717, 1.165) is 29.8 Å². The Kier molecular flexibility index (Phi) is 4.27. The number of nitrogens with zero attached hydrogens (tertiary/aromatic N) is 3. The fraction of sp³-hybridized carbons (Fsp3) is 0.474. The second kappa shape index (κ2) is 6.27. The molecule has 0 radical (unpaired) electrons. The summed E-state index contributed by atoms with van der Waals surface area (Å²) < 4.78 is 33.8. The van der Waals surface area contributed by atoms with E-state index in [0.29, 0.717) is 17.7 Å². The van der Waals surface area contributed by atoms with Gasteiger partial charge in [0, 0.05) is 37.1 Å². The van der Waals surface area contributed by atoms with Gasteiger partial charge in [0.25, 0.3) is 5.56 Å². The highest BCUT2D eigenvalue weighted by atomic mass is 35.5. The van der Waals surface area contributed by atoms with Gasteiger partial charge in [0.05, 0.1) is 18.0 Å². The second-order valence-corrected chi connectivity index (χ2v) is 8.16. The van der Waals surface area contributed by atoms with Crippen LogP contribution in [0.5, 0.6) is 0 Å².